The van der Waals surface area contributed by atoms with Crippen molar-refractivity contribution in [1.82, 2.24) is 44.9 Å². The van der Waals surface area contributed by atoms with Crippen molar-refractivity contribution in [3.05, 3.63) is 111 Å². The maximum absolute atomic E-state index is 6.16. The molecule has 0 aromatic carbocycles. The highest BCUT2D eigenvalue weighted by molar-refractivity contribution is 7.20. The molecule has 0 saturated heterocycles. The second-order valence-electron chi connectivity index (χ2n) is 11.1. The topological polar surface area (TPSA) is 168 Å². The second-order valence-corrected chi connectivity index (χ2v) is 15.2. The molecule has 9 aromatic heterocycles. The van der Waals surface area contributed by atoms with Crippen LogP contribution in [0.15, 0.2) is 91.4 Å². The number of nitrogens with two attached hydrogens (primary N) is 2. The molecular formula is C36H28ClN11S3. The SMILES string of the molecule is Cc1cc2nc(-c3ccccn3)nc(Cl)c2s1.Cc1cc2nc(-c3ccccn3)nc(N)c2s1.Cc1cc2nc(-c3ccccn3)nc(N)c2s1. The van der Waals surface area contributed by atoms with Crippen LogP contribution in [0.4, 0.5) is 11.6 Å². The fraction of sp³-hybridized carbons (Fsp3) is 0.0833. The van der Waals surface area contributed by atoms with Gasteiger partial charge in [-0.25, -0.2) is 29.9 Å². The van der Waals surface area contributed by atoms with Crippen LogP contribution in [0.1, 0.15) is 14.6 Å². The van der Waals surface area contributed by atoms with Crippen molar-refractivity contribution in [2.45, 2.75) is 20.8 Å². The Kier molecular flexibility index (Phi) is 9.81. The molecule has 0 saturated carbocycles. The van der Waals surface area contributed by atoms with E-state index in [-0.39, 0.29) is 0 Å². The average molecular weight is 746 g/mol. The zero-order valence-electron chi connectivity index (χ0n) is 27.4. The first kappa shape index (κ1) is 33.9. The standard InChI is InChI=1S/C12H8ClN3S.2C12H10N4S/c3*1-7-6-9-10(17-7)11(13)16-12(15-9)8-4-2-3-5-14-8/h2-6H,1H3;2*2-6H,1H3,(H2,13,15,16). The minimum atomic E-state index is 0.494. The van der Waals surface area contributed by atoms with Crippen molar-refractivity contribution in [1.29, 1.82) is 0 Å². The molecular weight excluding hydrogens is 718 g/mol. The number of hydrogen-bond acceptors (Lipinski definition) is 14. The lowest BCUT2D eigenvalue weighted by Gasteiger charge is -2.01. The molecule has 9 heterocycles. The highest BCUT2D eigenvalue weighted by Gasteiger charge is 2.13. The van der Waals surface area contributed by atoms with Crippen molar-refractivity contribution in [2.75, 3.05) is 11.5 Å². The first-order chi connectivity index (χ1) is 24.7. The predicted octanol–water partition coefficient (Wildman–Crippen LogP) is 9.00. The monoisotopic (exact) mass is 745 g/mol. The predicted molar refractivity (Wildman–Crippen MR) is 210 cm³/mol. The van der Waals surface area contributed by atoms with Gasteiger partial charge < -0.3 is 11.5 Å². The van der Waals surface area contributed by atoms with E-state index >= 15 is 0 Å². The largest absolute Gasteiger partial charge is 0.382 e. The number of anilines is 2. The second kappa shape index (κ2) is 14.7. The molecule has 0 radical (unpaired) electrons. The van der Waals surface area contributed by atoms with Crippen LogP contribution in [0, 0.1) is 20.8 Å². The van der Waals surface area contributed by atoms with Crippen LogP contribution in [-0.2, 0) is 0 Å². The maximum atomic E-state index is 6.16. The van der Waals surface area contributed by atoms with Gasteiger partial charge in [0, 0.05) is 33.2 Å². The Morgan fingerprint density at radius 2 is 0.824 bits per heavy atom. The normalized spacial score (nSPS) is 10.9. The van der Waals surface area contributed by atoms with Crippen LogP contribution < -0.4 is 11.5 Å². The molecule has 15 heteroatoms. The molecule has 0 aliphatic rings. The summed E-state index contributed by atoms with van der Waals surface area (Å²) in [6.45, 7) is 6.10. The van der Waals surface area contributed by atoms with Gasteiger partial charge in [0.15, 0.2) is 22.6 Å². The zero-order chi connectivity index (χ0) is 35.5. The van der Waals surface area contributed by atoms with Gasteiger partial charge in [-0.05, 0) is 75.4 Å². The quantitative estimate of drug-likeness (QED) is 0.166. The third-order valence-electron chi connectivity index (χ3n) is 7.18. The fourth-order valence-corrected chi connectivity index (χ4v) is 7.81. The Hall–Kier alpha value is -5.54. The van der Waals surface area contributed by atoms with Gasteiger partial charge in [0.25, 0.3) is 0 Å². The van der Waals surface area contributed by atoms with Crippen molar-refractivity contribution >= 4 is 87.9 Å². The molecule has 252 valence electrons. The van der Waals surface area contributed by atoms with E-state index < -0.39 is 0 Å². The molecule has 51 heavy (non-hydrogen) atoms. The summed E-state index contributed by atoms with van der Waals surface area (Å²) in [7, 11) is 0. The first-order valence-electron chi connectivity index (χ1n) is 15.5. The minimum absolute atomic E-state index is 0.494. The fourth-order valence-electron chi connectivity index (χ4n) is 4.99. The summed E-state index contributed by atoms with van der Waals surface area (Å²) in [6.07, 6.45) is 5.16. The Morgan fingerprint density at radius 3 is 1.20 bits per heavy atom. The van der Waals surface area contributed by atoms with E-state index in [1.165, 1.54) is 14.6 Å². The van der Waals surface area contributed by atoms with Crippen LogP contribution in [0.3, 0.4) is 0 Å². The van der Waals surface area contributed by atoms with E-state index in [4.69, 9.17) is 23.1 Å². The Morgan fingerprint density at radius 1 is 0.471 bits per heavy atom. The molecule has 0 unspecified atom stereocenters. The lowest BCUT2D eigenvalue weighted by atomic mass is 10.3. The van der Waals surface area contributed by atoms with Crippen molar-refractivity contribution in [2.24, 2.45) is 0 Å². The van der Waals surface area contributed by atoms with Gasteiger partial charge in [0.2, 0.25) is 0 Å². The molecule has 0 fully saturated rings. The number of nitrogen functional groups attached to an aromatic ring is 2. The summed E-state index contributed by atoms with van der Waals surface area (Å²) in [5.41, 5.74) is 16.8. The third-order valence-corrected chi connectivity index (χ3v) is 10.7. The first-order valence-corrected chi connectivity index (χ1v) is 18.3. The van der Waals surface area contributed by atoms with Gasteiger partial charge in [-0.1, -0.05) is 29.8 Å². The number of pyridine rings is 3. The van der Waals surface area contributed by atoms with Gasteiger partial charge in [-0.3, -0.25) is 15.0 Å². The van der Waals surface area contributed by atoms with Crippen LogP contribution in [-0.4, -0.2) is 44.9 Å². The molecule has 9 aromatic rings. The van der Waals surface area contributed by atoms with Gasteiger partial charge in [-0.2, -0.15) is 0 Å². The maximum Gasteiger partial charge on any atom is 0.180 e. The number of rotatable bonds is 3. The molecule has 4 N–H and O–H groups in total. The highest BCUT2D eigenvalue weighted by atomic mass is 35.5. The summed E-state index contributed by atoms with van der Waals surface area (Å²) >= 11 is 11.0. The van der Waals surface area contributed by atoms with Crippen LogP contribution in [0.5, 0.6) is 0 Å². The summed E-state index contributed by atoms with van der Waals surface area (Å²) in [6, 6.07) is 23.0. The summed E-state index contributed by atoms with van der Waals surface area (Å²) in [5.74, 6) is 2.77. The van der Waals surface area contributed by atoms with Gasteiger partial charge in [-0.15, -0.1) is 34.0 Å². The average Bonchev–Trinajstić information content (AvgIpc) is 3.85. The molecule has 0 bridgehead atoms. The van der Waals surface area contributed by atoms with E-state index in [1.807, 2.05) is 93.6 Å². The van der Waals surface area contributed by atoms with E-state index in [9.17, 15) is 0 Å². The number of fused-ring (bicyclic) bond motifs is 3. The molecule has 9 rings (SSSR count). The van der Waals surface area contributed by atoms with Crippen LogP contribution in [0.25, 0.3) is 65.2 Å². The van der Waals surface area contributed by atoms with Crippen LogP contribution in [0.2, 0.25) is 5.15 Å². The number of halogens is 1. The number of hydrogen-bond donors (Lipinski definition) is 2. The van der Waals surface area contributed by atoms with E-state index in [1.54, 1.807) is 52.6 Å². The molecule has 0 spiro atoms. The third kappa shape index (κ3) is 7.64. The van der Waals surface area contributed by atoms with Gasteiger partial charge >= 0.3 is 0 Å². The Bertz CT molecular complexity index is 2320. The Balaban J connectivity index is 0.000000119. The molecule has 11 nitrogen and oxygen atoms in total. The van der Waals surface area contributed by atoms with Gasteiger partial charge in [0.1, 0.15) is 28.7 Å². The molecule has 0 atom stereocenters. The molecule has 0 aliphatic carbocycles. The molecule has 0 aliphatic heterocycles. The van der Waals surface area contributed by atoms with Crippen molar-refractivity contribution < 1.29 is 0 Å². The number of nitrogens with zero attached hydrogens (tertiary/aromatic N) is 9. The smallest absolute Gasteiger partial charge is 0.180 e. The summed E-state index contributed by atoms with van der Waals surface area (Å²) in [4.78, 5) is 42.5. The Labute approximate surface area is 309 Å². The lowest BCUT2D eigenvalue weighted by molar-refractivity contribution is 1.18. The van der Waals surface area contributed by atoms with Gasteiger partial charge in [0.05, 0.1) is 30.6 Å². The number of aromatic nitrogens is 9. The highest BCUT2D eigenvalue weighted by Crippen LogP contribution is 2.32. The lowest BCUT2D eigenvalue weighted by Crippen LogP contribution is -1.96. The zero-order valence-corrected chi connectivity index (χ0v) is 30.6. The van der Waals surface area contributed by atoms with Crippen LogP contribution >= 0.6 is 45.6 Å². The van der Waals surface area contributed by atoms with Crippen molar-refractivity contribution in [3.63, 3.8) is 0 Å². The molecule has 0 amide bonds. The summed E-state index contributed by atoms with van der Waals surface area (Å²) in [5, 5.41) is 0.494. The van der Waals surface area contributed by atoms with E-state index in [0.717, 1.165) is 47.7 Å². The van der Waals surface area contributed by atoms with Crippen molar-refractivity contribution in [3.8, 4) is 34.6 Å². The number of thiophene rings is 3. The van der Waals surface area contributed by atoms with E-state index in [0.29, 0.717) is 34.3 Å². The summed E-state index contributed by atoms with van der Waals surface area (Å²) < 4.78 is 2.83. The number of aryl methyl sites for hydroxylation is 3. The van der Waals surface area contributed by atoms with E-state index in [2.05, 4.69) is 44.9 Å². The minimum Gasteiger partial charge on any atom is -0.382 e.